The molecule has 1 saturated carbocycles. The summed E-state index contributed by atoms with van der Waals surface area (Å²) in [6, 6.07) is 14.5. The van der Waals surface area contributed by atoms with Crippen LogP contribution in [0.2, 0.25) is 0 Å². The maximum Gasteiger partial charge on any atom is 0.335 e. The van der Waals surface area contributed by atoms with Crippen molar-refractivity contribution in [3.63, 3.8) is 0 Å². The molecule has 0 saturated heterocycles. The van der Waals surface area contributed by atoms with Crippen LogP contribution in [-0.2, 0) is 0 Å². The molecule has 5 heteroatoms. The number of aromatic carboxylic acids is 1. The molecule has 0 aliphatic heterocycles. The molecule has 0 aromatic heterocycles. The van der Waals surface area contributed by atoms with E-state index in [2.05, 4.69) is 22.4 Å². The van der Waals surface area contributed by atoms with Crippen LogP contribution in [0.4, 0.5) is 11.4 Å². The lowest BCUT2D eigenvalue weighted by Crippen LogP contribution is -2.07. The van der Waals surface area contributed by atoms with E-state index in [0.717, 1.165) is 10.9 Å². The Bertz CT molecular complexity index is 705. The Morgan fingerprint density at radius 1 is 0.875 bits per heavy atom. The molecule has 1 N–H and O–H groups in total. The number of carbonyl (C=O) groups is 1. The number of benzene rings is 2. The van der Waals surface area contributed by atoms with Gasteiger partial charge in [0.25, 0.3) is 0 Å². The first-order valence-electron chi connectivity index (χ1n) is 8.22. The topological polar surface area (TPSA) is 62.0 Å². The highest BCUT2D eigenvalue weighted by atomic mass is 32.2. The molecule has 4 nitrogen and oxygen atoms in total. The van der Waals surface area contributed by atoms with Gasteiger partial charge in [-0.3, -0.25) is 0 Å². The van der Waals surface area contributed by atoms with Crippen LogP contribution in [0.25, 0.3) is 0 Å². The number of hydrogen-bond donors (Lipinski definition) is 1. The minimum Gasteiger partial charge on any atom is -0.478 e. The van der Waals surface area contributed by atoms with Gasteiger partial charge in [0.05, 0.1) is 16.9 Å². The largest absolute Gasteiger partial charge is 0.478 e. The van der Waals surface area contributed by atoms with Gasteiger partial charge in [0.1, 0.15) is 0 Å². The number of azo groups is 1. The average Bonchev–Trinajstić information content (AvgIpc) is 2.62. The van der Waals surface area contributed by atoms with Crippen LogP contribution in [0.3, 0.4) is 0 Å². The Morgan fingerprint density at radius 3 is 1.96 bits per heavy atom. The van der Waals surface area contributed by atoms with Crippen molar-refractivity contribution in [2.24, 2.45) is 10.2 Å². The molecule has 0 spiro atoms. The van der Waals surface area contributed by atoms with Crippen molar-refractivity contribution in [2.75, 3.05) is 0 Å². The van der Waals surface area contributed by atoms with Crippen molar-refractivity contribution < 1.29 is 9.90 Å². The minimum atomic E-state index is -0.940. The summed E-state index contributed by atoms with van der Waals surface area (Å²) < 4.78 is 0. The van der Waals surface area contributed by atoms with E-state index in [1.54, 1.807) is 12.1 Å². The first-order valence-corrected chi connectivity index (χ1v) is 9.10. The van der Waals surface area contributed by atoms with Crippen molar-refractivity contribution in [1.29, 1.82) is 0 Å². The van der Waals surface area contributed by atoms with Crippen molar-refractivity contribution >= 4 is 29.1 Å². The smallest absolute Gasteiger partial charge is 0.335 e. The Kier molecular flexibility index (Phi) is 5.64. The molecular weight excluding hydrogens is 320 g/mol. The van der Waals surface area contributed by atoms with Crippen molar-refractivity contribution in [2.45, 2.75) is 42.2 Å². The van der Waals surface area contributed by atoms with Crippen molar-refractivity contribution in [1.82, 2.24) is 0 Å². The van der Waals surface area contributed by atoms with Crippen LogP contribution in [0.1, 0.15) is 42.5 Å². The van der Waals surface area contributed by atoms with Gasteiger partial charge < -0.3 is 5.11 Å². The van der Waals surface area contributed by atoms with Gasteiger partial charge in [-0.15, -0.1) is 11.8 Å². The molecule has 0 heterocycles. The van der Waals surface area contributed by atoms with Crippen molar-refractivity contribution in [3.8, 4) is 0 Å². The Labute approximate surface area is 146 Å². The fourth-order valence-electron chi connectivity index (χ4n) is 2.75. The zero-order chi connectivity index (χ0) is 16.8. The van der Waals surface area contributed by atoms with Crippen molar-refractivity contribution in [3.05, 3.63) is 54.1 Å². The summed E-state index contributed by atoms with van der Waals surface area (Å²) in [5, 5.41) is 18.0. The van der Waals surface area contributed by atoms with E-state index in [0.29, 0.717) is 5.69 Å². The van der Waals surface area contributed by atoms with Gasteiger partial charge >= 0.3 is 5.97 Å². The molecule has 0 amide bonds. The molecule has 0 bridgehead atoms. The number of nitrogens with zero attached hydrogens (tertiary/aromatic N) is 2. The monoisotopic (exact) mass is 340 g/mol. The third-order valence-electron chi connectivity index (χ3n) is 4.09. The fourth-order valence-corrected chi connectivity index (χ4v) is 4.00. The summed E-state index contributed by atoms with van der Waals surface area (Å²) in [6.45, 7) is 0. The van der Waals surface area contributed by atoms with Gasteiger partial charge in [0.2, 0.25) is 0 Å². The van der Waals surface area contributed by atoms with Gasteiger partial charge in [0, 0.05) is 10.1 Å². The lowest BCUT2D eigenvalue weighted by atomic mass is 10.0. The molecule has 3 rings (SSSR count). The predicted octanol–water partition coefficient (Wildman–Crippen LogP) is 6.23. The van der Waals surface area contributed by atoms with E-state index in [9.17, 15) is 4.79 Å². The summed E-state index contributed by atoms with van der Waals surface area (Å²) in [6.07, 6.45) is 6.72. The van der Waals surface area contributed by atoms with E-state index in [-0.39, 0.29) is 5.56 Å². The fraction of sp³-hybridized carbons (Fsp3) is 0.316. The number of rotatable bonds is 5. The summed E-state index contributed by atoms with van der Waals surface area (Å²) in [7, 11) is 0. The summed E-state index contributed by atoms with van der Waals surface area (Å²) in [5.74, 6) is -0.940. The minimum absolute atomic E-state index is 0.248. The highest BCUT2D eigenvalue weighted by Crippen LogP contribution is 2.34. The lowest BCUT2D eigenvalue weighted by Gasteiger charge is -2.20. The number of thioether (sulfide) groups is 1. The van der Waals surface area contributed by atoms with Gasteiger partial charge in [0.15, 0.2) is 0 Å². The number of carboxylic acids is 1. The predicted molar refractivity (Wildman–Crippen MR) is 96.7 cm³/mol. The Hall–Kier alpha value is -2.14. The van der Waals surface area contributed by atoms with Crippen LogP contribution in [0.15, 0.2) is 63.7 Å². The first-order chi connectivity index (χ1) is 11.7. The molecule has 0 atom stereocenters. The zero-order valence-corrected chi connectivity index (χ0v) is 14.2. The molecule has 0 radical (unpaired) electrons. The third kappa shape index (κ3) is 4.68. The lowest BCUT2D eigenvalue weighted by molar-refractivity contribution is 0.0697. The van der Waals surface area contributed by atoms with Gasteiger partial charge in [-0.25, -0.2) is 4.79 Å². The average molecular weight is 340 g/mol. The Morgan fingerprint density at radius 2 is 1.42 bits per heavy atom. The zero-order valence-electron chi connectivity index (χ0n) is 13.4. The van der Waals surface area contributed by atoms with Gasteiger partial charge in [-0.1, -0.05) is 19.3 Å². The Balaban J connectivity index is 1.59. The highest BCUT2D eigenvalue weighted by Gasteiger charge is 2.14. The SMILES string of the molecule is O=C(O)c1ccc(/N=N/c2ccc(SC3CCCCC3)cc2)cc1. The highest BCUT2D eigenvalue weighted by molar-refractivity contribution is 8.00. The summed E-state index contributed by atoms with van der Waals surface area (Å²) >= 11 is 1.96. The first kappa shape index (κ1) is 16.7. The van der Waals surface area contributed by atoms with E-state index in [1.807, 2.05) is 23.9 Å². The number of hydrogen-bond acceptors (Lipinski definition) is 4. The number of carboxylic acid groups (broad SMARTS) is 1. The molecule has 1 fully saturated rings. The van der Waals surface area contributed by atoms with E-state index in [1.165, 1.54) is 49.1 Å². The van der Waals surface area contributed by atoms with Crippen LogP contribution in [0, 0.1) is 0 Å². The van der Waals surface area contributed by atoms with Crippen LogP contribution in [0.5, 0.6) is 0 Å². The summed E-state index contributed by atoms with van der Waals surface area (Å²) in [4.78, 5) is 12.1. The van der Waals surface area contributed by atoms with Gasteiger partial charge in [-0.05, 0) is 61.4 Å². The second-order valence-electron chi connectivity index (χ2n) is 5.92. The van der Waals surface area contributed by atoms with Crippen LogP contribution in [-0.4, -0.2) is 16.3 Å². The second kappa shape index (κ2) is 8.11. The quantitative estimate of drug-likeness (QED) is 0.657. The van der Waals surface area contributed by atoms with Crippen LogP contribution >= 0.6 is 11.8 Å². The standard InChI is InChI=1S/C19H20N2O2S/c22-19(23)14-6-8-15(9-7-14)20-21-16-10-12-18(13-11-16)24-17-4-2-1-3-5-17/h6-13,17H,1-5H2,(H,22,23)/b21-20+. The molecule has 2 aromatic carbocycles. The molecular formula is C19H20N2O2S. The second-order valence-corrected chi connectivity index (χ2v) is 7.30. The molecule has 1 aliphatic rings. The normalized spacial score (nSPS) is 15.7. The molecule has 0 unspecified atom stereocenters. The maximum atomic E-state index is 10.8. The molecule has 1 aliphatic carbocycles. The van der Waals surface area contributed by atoms with E-state index < -0.39 is 5.97 Å². The molecule has 124 valence electrons. The van der Waals surface area contributed by atoms with Gasteiger partial charge in [-0.2, -0.15) is 10.2 Å². The molecule has 24 heavy (non-hydrogen) atoms. The van der Waals surface area contributed by atoms with Crippen LogP contribution < -0.4 is 0 Å². The maximum absolute atomic E-state index is 10.8. The third-order valence-corrected chi connectivity index (χ3v) is 5.44. The van der Waals surface area contributed by atoms with E-state index in [4.69, 9.17) is 5.11 Å². The summed E-state index contributed by atoms with van der Waals surface area (Å²) in [5.41, 5.74) is 1.68. The van der Waals surface area contributed by atoms with E-state index >= 15 is 0 Å². The molecule has 2 aromatic rings.